The Hall–Kier alpha value is -0.893. The zero-order chi connectivity index (χ0) is 8.97. The Labute approximate surface area is 75.6 Å². The molecule has 2 heteroatoms. The fraction of sp³-hybridized carbons (Fsp3) is 0.300. The van der Waals surface area contributed by atoms with Crippen molar-refractivity contribution in [1.29, 1.82) is 0 Å². The highest BCUT2D eigenvalue weighted by molar-refractivity contribution is 6.78. The second-order valence-corrected chi connectivity index (χ2v) is 4.89. The lowest BCUT2D eigenvalue weighted by atomic mass is 10.2. The van der Waals surface area contributed by atoms with Crippen molar-refractivity contribution >= 4 is 14.9 Å². The quantitative estimate of drug-likeness (QED) is 0.646. The minimum absolute atomic E-state index is 0.269. The van der Waals surface area contributed by atoms with Gasteiger partial charge in [-0.1, -0.05) is 44.2 Å². The molecule has 1 aromatic carbocycles. The fourth-order valence-corrected chi connectivity index (χ4v) is 1.79. The summed E-state index contributed by atoms with van der Waals surface area (Å²) in [5.41, 5.74) is 1.31. The highest BCUT2D eigenvalue weighted by atomic mass is 28.2. The maximum atomic E-state index is 11.5. The molecule has 0 aliphatic carbocycles. The minimum atomic E-state index is 0.269. The molecule has 0 aliphatic heterocycles. The molecule has 2 radical (unpaired) electrons. The fourth-order valence-electron chi connectivity index (χ4n) is 0.935. The standard InChI is InChI=1S/C10H12OSi/c1-8(2)12-10(11)9-6-4-3-5-7-9/h3-8H,1-2H3. The van der Waals surface area contributed by atoms with Gasteiger partial charge in [-0.2, -0.15) is 0 Å². The molecule has 0 fully saturated rings. The van der Waals surface area contributed by atoms with Gasteiger partial charge in [0.25, 0.3) is 0 Å². The van der Waals surface area contributed by atoms with E-state index >= 15 is 0 Å². The van der Waals surface area contributed by atoms with Crippen LogP contribution in [0.1, 0.15) is 24.2 Å². The van der Waals surface area contributed by atoms with Gasteiger partial charge in [0.2, 0.25) is 0 Å². The maximum Gasteiger partial charge on any atom is 0.142 e. The number of hydrogen-bond donors (Lipinski definition) is 0. The van der Waals surface area contributed by atoms with Gasteiger partial charge in [-0.05, 0) is 5.54 Å². The van der Waals surface area contributed by atoms with E-state index in [1.54, 1.807) is 0 Å². The first-order chi connectivity index (χ1) is 5.70. The molecular weight excluding hydrogens is 164 g/mol. The molecule has 0 saturated heterocycles. The van der Waals surface area contributed by atoms with Gasteiger partial charge in [-0.3, -0.25) is 0 Å². The molecule has 0 amide bonds. The van der Waals surface area contributed by atoms with Crippen molar-refractivity contribution in [1.82, 2.24) is 0 Å². The first-order valence-electron chi connectivity index (χ1n) is 4.06. The van der Waals surface area contributed by atoms with Crippen LogP contribution in [0.25, 0.3) is 0 Å². The van der Waals surface area contributed by atoms with Crippen molar-refractivity contribution in [3.8, 4) is 0 Å². The molecule has 1 nitrogen and oxygen atoms in total. The lowest BCUT2D eigenvalue weighted by molar-refractivity contribution is 0.107. The Bertz CT molecular complexity index is 254. The van der Waals surface area contributed by atoms with Crippen LogP contribution >= 0.6 is 0 Å². The average molecular weight is 176 g/mol. The lowest BCUT2D eigenvalue weighted by Crippen LogP contribution is -2.11. The SMILES string of the molecule is CC(C)[Si]C(=O)c1ccccc1. The molecule has 0 spiro atoms. The monoisotopic (exact) mass is 176 g/mol. The molecule has 0 heterocycles. The van der Waals surface area contributed by atoms with Crippen LogP contribution in [-0.2, 0) is 0 Å². The molecule has 0 N–H and O–H groups in total. The Morgan fingerprint density at radius 3 is 2.33 bits per heavy atom. The molecule has 1 aromatic rings. The van der Waals surface area contributed by atoms with Gasteiger partial charge >= 0.3 is 0 Å². The van der Waals surface area contributed by atoms with Crippen molar-refractivity contribution in [3.63, 3.8) is 0 Å². The summed E-state index contributed by atoms with van der Waals surface area (Å²) in [6, 6.07) is 9.47. The van der Waals surface area contributed by atoms with E-state index in [1.807, 2.05) is 30.3 Å². The van der Waals surface area contributed by atoms with Gasteiger partial charge in [0.05, 0.1) is 0 Å². The normalized spacial score (nSPS) is 10.2. The van der Waals surface area contributed by atoms with Crippen LogP contribution in [0.15, 0.2) is 30.3 Å². The van der Waals surface area contributed by atoms with Gasteiger partial charge in [0.15, 0.2) is 0 Å². The number of carbonyl (C=O) groups excluding carboxylic acids is 1. The summed E-state index contributed by atoms with van der Waals surface area (Å²) in [4.78, 5) is 11.5. The van der Waals surface area contributed by atoms with E-state index < -0.39 is 0 Å². The summed E-state index contributed by atoms with van der Waals surface area (Å²) >= 11 is 0. The Morgan fingerprint density at radius 2 is 1.83 bits per heavy atom. The maximum absolute atomic E-state index is 11.5. The van der Waals surface area contributed by atoms with Crippen LogP contribution in [0.4, 0.5) is 0 Å². The van der Waals surface area contributed by atoms with Crippen LogP contribution in [0.3, 0.4) is 0 Å². The predicted octanol–water partition coefficient (Wildman–Crippen LogP) is 2.36. The van der Waals surface area contributed by atoms with Gasteiger partial charge in [-0.15, -0.1) is 0 Å². The minimum Gasteiger partial charge on any atom is -0.301 e. The van der Waals surface area contributed by atoms with E-state index in [1.165, 1.54) is 0 Å². The largest absolute Gasteiger partial charge is 0.301 e. The molecular formula is C10H12OSi. The molecule has 62 valence electrons. The third kappa shape index (κ3) is 2.62. The molecule has 0 saturated carbocycles. The van der Waals surface area contributed by atoms with Gasteiger partial charge in [0, 0.05) is 5.56 Å². The summed E-state index contributed by atoms with van der Waals surface area (Å²) < 4.78 is 0. The summed E-state index contributed by atoms with van der Waals surface area (Å²) in [6.07, 6.45) is 0. The number of carbonyl (C=O) groups is 1. The van der Waals surface area contributed by atoms with Crippen molar-refractivity contribution in [2.75, 3.05) is 0 Å². The number of rotatable bonds is 3. The van der Waals surface area contributed by atoms with Gasteiger partial charge < -0.3 is 4.79 Å². The van der Waals surface area contributed by atoms with E-state index in [0.717, 1.165) is 5.56 Å². The van der Waals surface area contributed by atoms with E-state index in [9.17, 15) is 4.79 Å². The lowest BCUT2D eigenvalue weighted by Gasteiger charge is -2.01. The van der Waals surface area contributed by atoms with Crippen molar-refractivity contribution in [2.24, 2.45) is 0 Å². The topological polar surface area (TPSA) is 17.1 Å². The van der Waals surface area contributed by atoms with Crippen LogP contribution in [0.2, 0.25) is 5.54 Å². The smallest absolute Gasteiger partial charge is 0.142 e. The average Bonchev–Trinajstić information content (AvgIpc) is 2.05. The zero-order valence-electron chi connectivity index (χ0n) is 7.37. The Kier molecular flexibility index (Phi) is 3.23. The van der Waals surface area contributed by atoms with Crippen LogP contribution in [0, 0.1) is 0 Å². The molecule has 0 aromatic heterocycles. The third-order valence-corrected chi connectivity index (χ3v) is 2.58. The first-order valence-corrected chi connectivity index (χ1v) is 5.14. The number of benzene rings is 1. The number of hydrogen-bond acceptors (Lipinski definition) is 1. The van der Waals surface area contributed by atoms with Crippen molar-refractivity contribution < 1.29 is 4.79 Å². The zero-order valence-corrected chi connectivity index (χ0v) is 8.37. The van der Waals surface area contributed by atoms with E-state index in [2.05, 4.69) is 13.8 Å². The summed E-state index contributed by atoms with van der Waals surface area (Å²) in [6.45, 7) is 4.14. The van der Waals surface area contributed by atoms with E-state index in [-0.39, 0.29) is 5.41 Å². The molecule has 0 aliphatic rings. The molecule has 12 heavy (non-hydrogen) atoms. The van der Waals surface area contributed by atoms with Crippen molar-refractivity contribution in [2.45, 2.75) is 19.4 Å². The Morgan fingerprint density at radius 1 is 1.25 bits per heavy atom. The van der Waals surface area contributed by atoms with Crippen LogP contribution in [-0.4, -0.2) is 14.9 Å². The molecule has 0 unspecified atom stereocenters. The molecule has 0 bridgehead atoms. The Balaban J connectivity index is 2.66. The summed E-state index contributed by atoms with van der Waals surface area (Å²) in [7, 11) is 0.401. The van der Waals surface area contributed by atoms with E-state index in [4.69, 9.17) is 0 Å². The van der Waals surface area contributed by atoms with Crippen LogP contribution in [0.5, 0.6) is 0 Å². The second-order valence-electron chi connectivity index (χ2n) is 2.99. The van der Waals surface area contributed by atoms with Gasteiger partial charge in [-0.25, -0.2) is 0 Å². The summed E-state index contributed by atoms with van der Waals surface area (Å²) in [5, 5.41) is 0.269. The predicted molar refractivity (Wildman–Crippen MR) is 51.6 cm³/mol. The molecule has 0 atom stereocenters. The summed E-state index contributed by atoms with van der Waals surface area (Å²) in [5.74, 6) is 0. The van der Waals surface area contributed by atoms with Crippen molar-refractivity contribution in [3.05, 3.63) is 35.9 Å². The van der Waals surface area contributed by atoms with Crippen LogP contribution < -0.4 is 0 Å². The highest BCUT2D eigenvalue weighted by Gasteiger charge is 2.07. The highest BCUT2D eigenvalue weighted by Crippen LogP contribution is 2.04. The second kappa shape index (κ2) is 4.21. The third-order valence-electron chi connectivity index (χ3n) is 1.46. The molecule has 1 rings (SSSR count). The first kappa shape index (κ1) is 9.20. The van der Waals surface area contributed by atoms with E-state index in [0.29, 0.717) is 15.1 Å². The van der Waals surface area contributed by atoms with Gasteiger partial charge in [0.1, 0.15) is 14.9 Å².